The van der Waals surface area contributed by atoms with Crippen molar-refractivity contribution < 1.29 is 19.1 Å². The van der Waals surface area contributed by atoms with Crippen molar-refractivity contribution >= 4 is 39.8 Å². The van der Waals surface area contributed by atoms with Gasteiger partial charge in [-0.1, -0.05) is 12.1 Å². The van der Waals surface area contributed by atoms with E-state index >= 15 is 0 Å². The number of benzene rings is 3. The number of carbonyl (C=O) groups excluding carboxylic acids is 2. The lowest BCUT2D eigenvalue weighted by molar-refractivity contribution is 0.101. The molecule has 2 aliphatic rings. The summed E-state index contributed by atoms with van der Waals surface area (Å²) in [4.78, 5) is 33.3. The largest absolute Gasteiger partial charge is 0.486 e. The number of hydrogen-bond acceptors (Lipinski definition) is 7. The van der Waals surface area contributed by atoms with Gasteiger partial charge in [0, 0.05) is 47.3 Å². The highest BCUT2D eigenvalue weighted by atomic mass is 16.6. The molecule has 4 aromatic rings. The Morgan fingerprint density at radius 1 is 0.854 bits per heavy atom. The fourth-order valence-electron chi connectivity index (χ4n) is 5.20. The maximum atomic E-state index is 13.3. The molecule has 3 aromatic carbocycles. The summed E-state index contributed by atoms with van der Waals surface area (Å²) in [7, 11) is 0. The number of aryl methyl sites for hydroxylation is 1. The van der Waals surface area contributed by atoms with Crippen LogP contribution in [0.4, 0.5) is 17.1 Å². The second-order valence-electron chi connectivity index (χ2n) is 10.4. The number of rotatable bonds is 8. The lowest BCUT2D eigenvalue weighted by Gasteiger charge is -2.18. The number of anilines is 3. The van der Waals surface area contributed by atoms with Crippen LogP contribution in [0, 0.1) is 6.92 Å². The molecule has 0 radical (unpaired) electrons. The Labute approximate surface area is 238 Å². The zero-order chi connectivity index (χ0) is 28.2. The van der Waals surface area contributed by atoms with Crippen molar-refractivity contribution in [2.45, 2.75) is 19.8 Å². The molecule has 9 nitrogen and oxygen atoms in total. The molecule has 210 valence electrons. The van der Waals surface area contributed by atoms with Gasteiger partial charge in [-0.05, 0) is 86.9 Å². The van der Waals surface area contributed by atoms with E-state index in [0.717, 1.165) is 48.3 Å². The molecule has 3 N–H and O–H groups in total. The van der Waals surface area contributed by atoms with Crippen molar-refractivity contribution in [2.75, 3.05) is 55.3 Å². The first-order chi connectivity index (χ1) is 20.0. The molecular weight excluding hydrogens is 518 g/mol. The first kappa shape index (κ1) is 26.6. The topological polar surface area (TPSA) is 105 Å². The van der Waals surface area contributed by atoms with Crippen molar-refractivity contribution in [3.8, 4) is 11.5 Å². The summed E-state index contributed by atoms with van der Waals surface area (Å²) in [5, 5.41) is 10.3. The van der Waals surface area contributed by atoms with Gasteiger partial charge in [0.15, 0.2) is 11.5 Å². The number of carbonyl (C=O) groups is 2. The third-order valence-corrected chi connectivity index (χ3v) is 7.48. The van der Waals surface area contributed by atoms with Crippen molar-refractivity contribution in [2.24, 2.45) is 0 Å². The average Bonchev–Trinajstić information content (AvgIpc) is 3.52. The van der Waals surface area contributed by atoms with E-state index in [0.29, 0.717) is 47.2 Å². The van der Waals surface area contributed by atoms with Gasteiger partial charge in [0.25, 0.3) is 11.8 Å². The molecule has 0 unspecified atom stereocenters. The van der Waals surface area contributed by atoms with E-state index in [-0.39, 0.29) is 11.8 Å². The van der Waals surface area contributed by atoms with E-state index in [1.54, 1.807) is 36.5 Å². The average molecular weight is 552 g/mol. The minimum absolute atomic E-state index is 0.273. The molecule has 3 heterocycles. The van der Waals surface area contributed by atoms with Gasteiger partial charge in [-0.3, -0.25) is 14.6 Å². The molecule has 1 aromatic heterocycles. The van der Waals surface area contributed by atoms with E-state index in [4.69, 9.17) is 9.47 Å². The van der Waals surface area contributed by atoms with Crippen LogP contribution in [0.2, 0.25) is 0 Å². The van der Waals surface area contributed by atoms with Crippen LogP contribution in [0.15, 0.2) is 66.9 Å². The molecule has 9 heteroatoms. The number of pyridine rings is 1. The summed E-state index contributed by atoms with van der Waals surface area (Å²) in [5.41, 5.74) is 4.73. The standard InChI is InChI=1S/C32H33N5O4/c1-21-7-9-24(35-31(38)22-8-10-29-30(18-22)41-16-15-40-29)19-28(21)36-32(39)23-17-25-26(5-4-6-27(25)34-20-23)33-11-14-37-12-2-3-13-37/h4-10,17-20,33H,2-3,11-16H2,1H3,(H,35,38)(H,36,39). The summed E-state index contributed by atoms with van der Waals surface area (Å²) in [6.45, 7) is 6.98. The Hall–Kier alpha value is -4.63. The monoisotopic (exact) mass is 551 g/mol. The molecule has 0 spiro atoms. The zero-order valence-corrected chi connectivity index (χ0v) is 23.0. The minimum atomic E-state index is -0.286. The van der Waals surface area contributed by atoms with E-state index in [1.807, 2.05) is 37.3 Å². The Morgan fingerprint density at radius 2 is 1.66 bits per heavy atom. The number of ether oxygens (including phenoxy) is 2. The molecular formula is C32H33N5O4. The van der Waals surface area contributed by atoms with Gasteiger partial charge in [-0.25, -0.2) is 0 Å². The van der Waals surface area contributed by atoms with Crippen LogP contribution in [-0.4, -0.2) is 61.1 Å². The lowest BCUT2D eigenvalue weighted by Crippen LogP contribution is -2.26. The van der Waals surface area contributed by atoms with Crippen LogP contribution in [0.1, 0.15) is 39.1 Å². The molecule has 0 aliphatic carbocycles. The molecule has 1 saturated heterocycles. The SMILES string of the molecule is Cc1ccc(NC(=O)c2ccc3c(c2)OCCO3)cc1NC(=O)c1cnc2cccc(NCCN3CCCC3)c2c1. The number of nitrogens with zero attached hydrogens (tertiary/aromatic N) is 2. The van der Waals surface area contributed by atoms with Gasteiger partial charge in [0.05, 0.1) is 11.1 Å². The maximum Gasteiger partial charge on any atom is 0.257 e. The van der Waals surface area contributed by atoms with E-state index in [9.17, 15) is 9.59 Å². The summed E-state index contributed by atoms with van der Waals surface area (Å²) < 4.78 is 11.1. The van der Waals surface area contributed by atoms with Crippen LogP contribution in [0.5, 0.6) is 11.5 Å². The zero-order valence-electron chi connectivity index (χ0n) is 23.0. The first-order valence-corrected chi connectivity index (χ1v) is 14.0. The smallest absolute Gasteiger partial charge is 0.257 e. The second-order valence-corrected chi connectivity index (χ2v) is 10.4. The molecule has 2 aliphatic heterocycles. The molecule has 0 saturated carbocycles. The minimum Gasteiger partial charge on any atom is -0.486 e. The Kier molecular flexibility index (Phi) is 7.69. The number of hydrogen-bond donors (Lipinski definition) is 3. The second kappa shape index (κ2) is 11.9. The fourth-order valence-corrected chi connectivity index (χ4v) is 5.20. The highest BCUT2D eigenvalue weighted by Gasteiger charge is 2.17. The number of amides is 2. The molecule has 41 heavy (non-hydrogen) atoms. The molecule has 1 fully saturated rings. The number of nitrogens with one attached hydrogen (secondary N) is 3. The first-order valence-electron chi connectivity index (χ1n) is 14.0. The molecule has 2 amide bonds. The van der Waals surface area contributed by atoms with Gasteiger partial charge in [-0.2, -0.15) is 0 Å². The van der Waals surface area contributed by atoms with Crippen LogP contribution in [-0.2, 0) is 0 Å². The lowest BCUT2D eigenvalue weighted by atomic mass is 10.1. The molecule has 0 atom stereocenters. The summed E-state index contributed by atoms with van der Waals surface area (Å²) in [6.07, 6.45) is 4.13. The van der Waals surface area contributed by atoms with Gasteiger partial charge in [0.2, 0.25) is 0 Å². The van der Waals surface area contributed by atoms with Crippen molar-refractivity contribution in [1.29, 1.82) is 0 Å². The summed E-state index contributed by atoms with van der Waals surface area (Å²) >= 11 is 0. The molecule has 6 rings (SSSR count). The maximum absolute atomic E-state index is 13.3. The van der Waals surface area contributed by atoms with Gasteiger partial charge < -0.3 is 30.3 Å². The quantitative estimate of drug-likeness (QED) is 0.272. The predicted molar refractivity (Wildman–Crippen MR) is 160 cm³/mol. The van der Waals surface area contributed by atoms with Gasteiger partial charge in [0.1, 0.15) is 13.2 Å². The Balaban J connectivity index is 1.15. The Bertz CT molecular complexity index is 1600. The van der Waals surface area contributed by atoms with E-state index in [1.165, 1.54) is 12.8 Å². The highest BCUT2D eigenvalue weighted by Crippen LogP contribution is 2.31. The summed E-state index contributed by atoms with van der Waals surface area (Å²) in [6, 6.07) is 18.3. The number of fused-ring (bicyclic) bond motifs is 2. The highest BCUT2D eigenvalue weighted by molar-refractivity contribution is 6.08. The van der Waals surface area contributed by atoms with E-state index in [2.05, 4.69) is 25.8 Å². The van der Waals surface area contributed by atoms with Crippen molar-refractivity contribution in [3.63, 3.8) is 0 Å². The van der Waals surface area contributed by atoms with Crippen LogP contribution in [0.25, 0.3) is 10.9 Å². The van der Waals surface area contributed by atoms with Gasteiger partial charge in [-0.15, -0.1) is 0 Å². The third kappa shape index (κ3) is 6.10. The van der Waals surface area contributed by atoms with E-state index < -0.39 is 0 Å². The van der Waals surface area contributed by atoms with Crippen LogP contribution < -0.4 is 25.4 Å². The van der Waals surface area contributed by atoms with Gasteiger partial charge >= 0.3 is 0 Å². The summed E-state index contributed by atoms with van der Waals surface area (Å²) in [5.74, 6) is 0.618. The molecule has 0 bridgehead atoms. The normalized spacial score (nSPS) is 14.6. The number of likely N-dealkylation sites (tertiary alicyclic amines) is 1. The van der Waals surface area contributed by atoms with Crippen molar-refractivity contribution in [3.05, 3.63) is 83.6 Å². The number of aromatic nitrogens is 1. The van der Waals surface area contributed by atoms with Crippen LogP contribution in [0.3, 0.4) is 0 Å². The predicted octanol–water partition coefficient (Wildman–Crippen LogP) is 5.33. The Morgan fingerprint density at radius 3 is 2.51 bits per heavy atom. The van der Waals surface area contributed by atoms with Crippen LogP contribution >= 0.6 is 0 Å². The third-order valence-electron chi connectivity index (χ3n) is 7.48. The fraction of sp³-hybridized carbons (Fsp3) is 0.281. The van der Waals surface area contributed by atoms with Crippen molar-refractivity contribution in [1.82, 2.24) is 9.88 Å².